The average Bonchev–Trinajstić information content (AvgIpc) is 3.13. The molecule has 0 saturated carbocycles. The van der Waals surface area contributed by atoms with Crippen LogP contribution in [0.2, 0.25) is 0 Å². The molecule has 0 aromatic heterocycles. The Morgan fingerprint density at radius 1 is 1.06 bits per heavy atom. The Labute approximate surface area is 208 Å². The number of hydrogen-bond acceptors (Lipinski definition) is 5. The predicted octanol–water partition coefficient (Wildman–Crippen LogP) is 4.67. The second-order valence-corrected chi connectivity index (χ2v) is 11.2. The fourth-order valence-electron chi connectivity index (χ4n) is 4.41. The first kappa shape index (κ1) is 24.6. The molecule has 2 aromatic rings. The number of carbonyl (C=O) groups is 2. The van der Waals surface area contributed by atoms with Crippen LogP contribution in [0.3, 0.4) is 0 Å². The van der Waals surface area contributed by atoms with Crippen molar-refractivity contribution >= 4 is 43.5 Å². The molecule has 1 aliphatic carbocycles. The summed E-state index contributed by atoms with van der Waals surface area (Å²) in [6.07, 6.45) is 6.64. The van der Waals surface area contributed by atoms with Crippen LogP contribution in [0.4, 0.5) is 5.69 Å². The number of carbonyl (C=O) groups excluding carboxylic acids is 2. The van der Waals surface area contributed by atoms with Gasteiger partial charge in [0.25, 0.3) is 5.91 Å². The fourth-order valence-corrected chi connectivity index (χ4v) is 6.26. The van der Waals surface area contributed by atoms with Gasteiger partial charge in [-0.15, -0.1) is 0 Å². The number of allylic oxidation sites excluding steroid dienone is 1. The van der Waals surface area contributed by atoms with Gasteiger partial charge in [-0.2, -0.15) is 4.31 Å². The number of sulfonamides is 1. The Morgan fingerprint density at radius 2 is 1.76 bits per heavy atom. The Bertz CT molecular complexity index is 1190. The average molecular weight is 547 g/mol. The van der Waals surface area contributed by atoms with Crippen molar-refractivity contribution in [2.75, 3.05) is 18.6 Å². The summed E-state index contributed by atoms with van der Waals surface area (Å²) in [5, 5.41) is 0. The third-order valence-electron chi connectivity index (χ3n) is 6.26. The van der Waals surface area contributed by atoms with E-state index in [1.807, 2.05) is 0 Å². The van der Waals surface area contributed by atoms with Crippen LogP contribution in [0.1, 0.15) is 38.5 Å². The number of methoxy groups -OCH3 is 1. The highest BCUT2D eigenvalue weighted by atomic mass is 79.9. The van der Waals surface area contributed by atoms with Crippen LogP contribution in [0.5, 0.6) is 5.75 Å². The van der Waals surface area contributed by atoms with Gasteiger partial charge in [-0.25, -0.2) is 13.3 Å². The highest BCUT2D eigenvalue weighted by molar-refractivity contribution is 9.10. The zero-order valence-electron chi connectivity index (χ0n) is 18.9. The normalized spacial score (nSPS) is 19.0. The molecule has 180 valence electrons. The zero-order chi connectivity index (χ0) is 24.3. The molecule has 2 amide bonds. The van der Waals surface area contributed by atoms with Crippen molar-refractivity contribution in [3.63, 3.8) is 0 Å². The number of nitrogens with zero attached hydrogens (tertiary/aromatic N) is 2. The maximum atomic E-state index is 13.7. The summed E-state index contributed by atoms with van der Waals surface area (Å²) in [4.78, 5) is 27.5. The number of hydrogen-bond donors (Lipinski definition) is 0. The van der Waals surface area contributed by atoms with Crippen molar-refractivity contribution in [1.82, 2.24) is 4.31 Å². The van der Waals surface area contributed by atoms with Gasteiger partial charge < -0.3 is 4.74 Å². The topological polar surface area (TPSA) is 84.0 Å². The maximum Gasteiger partial charge on any atom is 0.252 e. The van der Waals surface area contributed by atoms with Crippen LogP contribution >= 0.6 is 15.9 Å². The first-order valence-electron chi connectivity index (χ1n) is 11.3. The molecule has 0 N–H and O–H groups in total. The van der Waals surface area contributed by atoms with E-state index in [1.165, 1.54) is 29.1 Å². The molecular weight excluding hydrogens is 520 g/mol. The van der Waals surface area contributed by atoms with E-state index in [4.69, 9.17) is 4.74 Å². The van der Waals surface area contributed by atoms with E-state index in [0.717, 1.165) is 35.1 Å². The number of rotatable bonds is 8. The van der Waals surface area contributed by atoms with Crippen molar-refractivity contribution in [3.8, 4) is 5.75 Å². The van der Waals surface area contributed by atoms with Gasteiger partial charge in [0.2, 0.25) is 15.9 Å². The number of anilines is 1. The summed E-state index contributed by atoms with van der Waals surface area (Å²) in [5.74, 6) is -0.360. The molecule has 34 heavy (non-hydrogen) atoms. The van der Waals surface area contributed by atoms with Gasteiger partial charge in [-0.1, -0.05) is 27.6 Å². The molecule has 1 fully saturated rings. The number of imide groups is 1. The zero-order valence-corrected chi connectivity index (χ0v) is 21.3. The minimum Gasteiger partial charge on any atom is -0.497 e. The summed E-state index contributed by atoms with van der Waals surface area (Å²) in [7, 11) is -2.48. The minimum absolute atomic E-state index is 0.0940. The smallest absolute Gasteiger partial charge is 0.252 e. The Hall–Kier alpha value is -2.49. The molecule has 1 atom stereocenters. The summed E-state index contributed by atoms with van der Waals surface area (Å²) < 4.78 is 34.5. The SMILES string of the molecule is COc1ccc(N2C(=O)CC(N(CCC3=CCCCC3)S(=O)(=O)c3ccc(Br)cc3)C2=O)cc1. The van der Waals surface area contributed by atoms with E-state index >= 15 is 0 Å². The Morgan fingerprint density at radius 3 is 2.38 bits per heavy atom. The van der Waals surface area contributed by atoms with Crippen LogP contribution < -0.4 is 9.64 Å². The first-order valence-corrected chi connectivity index (χ1v) is 13.5. The molecule has 9 heteroatoms. The molecule has 1 aliphatic heterocycles. The summed E-state index contributed by atoms with van der Waals surface area (Å²) in [5.41, 5.74) is 1.60. The van der Waals surface area contributed by atoms with Gasteiger partial charge in [-0.05, 0) is 80.6 Å². The molecule has 7 nitrogen and oxygen atoms in total. The maximum absolute atomic E-state index is 13.7. The number of amides is 2. The van der Waals surface area contributed by atoms with E-state index in [9.17, 15) is 18.0 Å². The van der Waals surface area contributed by atoms with Crippen LogP contribution in [-0.2, 0) is 19.6 Å². The van der Waals surface area contributed by atoms with Crippen molar-refractivity contribution in [2.45, 2.75) is 49.5 Å². The third-order valence-corrected chi connectivity index (χ3v) is 8.71. The molecule has 1 saturated heterocycles. The van der Waals surface area contributed by atoms with Gasteiger partial charge in [0, 0.05) is 11.0 Å². The van der Waals surface area contributed by atoms with Crippen molar-refractivity contribution in [2.24, 2.45) is 0 Å². The van der Waals surface area contributed by atoms with Crippen LogP contribution in [0, 0.1) is 0 Å². The number of ether oxygens (including phenoxy) is 1. The summed E-state index contributed by atoms with van der Waals surface area (Å²) in [6, 6.07) is 11.8. The van der Waals surface area contributed by atoms with E-state index in [-0.39, 0.29) is 17.9 Å². The highest BCUT2D eigenvalue weighted by Crippen LogP contribution is 2.32. The second-order valence-electron chi connectivity index (χ2n) is 8.41. The molecule has 1 unspecified atom stereocenters. The van der Waals surface area contributed by atoms with Crippen LogP contribution in [0.25, 0.3) is 0 Å². The highest BCUT2D eigenvalue weighted by Gasteiger charge is 2.46. The van der Waals surface area contributed by atoms with Crippen LogP contribution in [0.15, 0.2) is 69.5 Å². The summed E-state index contributed by atoms with van der Waals surface area (Å²) >= 11 is 3.33. The monoisotopic (exact) mass is 546 g/mol. The number of halogens is 1. The molecule has 2 aliphatic rings. The van der Waals surface area contributed by atoms with Crippen molar-refractivity contribution in [1.29, 1.82) is 0 Å². The second kappa shape index (κ2) is 10.4. The molecule has 1 heterocycles. The third kappa shape index (κ3) is 5.11. The lowest BCUT2D eigenvalue weighted by Gasteiger charge is -2.28. The van der Waals surface area contributed by atoms with Crippen molar-refractivity contribution in [3.05, 3.63) is 64.7 Å². The quantitative estimate of drug-likeness (QED) is 0.354. The molecule has 4 rings (SSSR count). The van der Waals surface area contributed by atoms with Gasteiger partial charge in [0.1, 0.15) is 11.8 Å². The van der Waals surface area contributed by atoms with Gasteiger partial charge in [0.15, 0.2) is 0 Å². The summed E-state index contributed by atoms with van der Waals surface area (Å²) in [6.45, 7) is 0.143. The molecule has 0 spiro atoms. The largest absolute Gasteiger partial charge is 0.497 e. The molecule has 2 aromatic carbocycles. The Kier molecular flexibility index (Phi) is 7.54. The fraction of sp³-hybridized carbons (Fsp3) is 0.360. The lowest BCUT2D eigenvalue weighted by molar-refractivity contribution is -0.122. The Balaban J connectivity index is 1.65. The lowest BCUT2D eigenvalue weighted by Crippen LogP contribution is -2.46. The van der Waals surface area contributed by atoms with Crippen molar-refractivity contribution < 1.29 is 22.7 Å². The minimum atomic E-state index is -4.01. The lowest BCUT2D eigenvalue weighted by atomic mass is 9.97. The number of benzene rings is 2. The van der Waals surface area contributed by atoms with Gasteiger partial charge >= 0.3 is 0 Å². The van der Waals surface area contributed by atoms with Gasteiger partial charge in [-0.3, -0.25) is 9.59 Å². The molecule has 0 radical (unpaired) electrons. The standard InChI is InChI=1S/C25H27BrN2O5S/c1-33-21-11-9-20(10-12-21)28-24(29)17-23(25(28)30)27(16-15-18-5-3-2-4-6-18)34(31,32)22-13-7-19(26)8-14-22/h5,7-14,23H,2-4,6,15-17H2,1H3. The predicted molar refractivity (Wildman–Crippen MR) is 133 cm³/mol. The van der Waals surface area contributed by atoms with Crippen LogP contribution in [-0.4, -0.2) is 44.2 Å². The van der Waals surface area contributed by atoms with E-state index in [2.05, 4.69) is 22.0 Å². The first-order chi connectivity index (χ1) is 16.3. The van der Waals surface area contributed by atoms with E-state index < -0.39 is 27.9 Å². The van der Waals surface area contributed by atoms with E-state index in [1.54, 1.807) is 36.4 Å². The van der Waals surface area contributed by atoms with E-state index in [0.29, 0.717) is 17.9 Å². The van der Waals surface area contributed by atoms with Gasteiger partial charge in [0.05, 0.1) is 24.1 Å². The molecular formula is C25H27BrN2O5S. The molecule has 0 bridgehead atoms.